The molecular weight excluding hydrogens is 272 g/mol. The molecule has 0 aliphatic carbocycles. The van der Waals surface area contributed by atoms with E-state index >= 15 is 0 Å². The van der Waals surface area contributed by atoms with E-state index in [-0.39, 0.29) is 5.56 Å². The monoisotopic (exact) mass is 291 g/mol. The van der Waals surface area contributed by atoms with Crippen molar-refractivity contribution in [3.8, 4) is 5.75 Å². The predicted molar refractivity (Wildman–Crippen MR) is 79.5 cm³/mol. The number of rotatable bonds is 6. The molecule has 0 amide bonds. The van der Waals surface area contributed by atoms with Gasteiger partial charge in [0.15, 0.2) is 11.6 Å². The lowest BCUT2D eigenvalue weighted by Crippen LogP contribution is -2.19. The number of hydrogen-bond donors (Lipinski definition) is 1. The van der Waals surface area contributed by atoms with Crippen LogP contribution < -0.4 is 10.1 Å². The lowest BCUT2D eigenvalue weighted by molar-refractivity contribution is 0.317. The first-order valence-corrected chi connectivity index (χ1v) is 7.01. The maximum Gasteiger partial charge on any atom is 0.163 e. The Kier molecular flexibility index (Phi) is 5.28. The minimum atomic E-state index is -0.842. The smallest absolute Gasteiger partial charge is 0.163 e. The van der Waals surface area contributed by atoms with Gasteiger partial charge in [0, 0.05) is 5.56 Å². The SMILES string of the molecule is CCCOc1cccc(C(NC)c2cccc(F)c2F)c1. The van der Waals surface area contributed by atoms with Crippen molar-refractivity contribution >= 4 is 0 Å². The van der Waals surface area contributed by atoms with Gasteiger partial charge >= 0.3 is 0 Å². The molecule has 21 heavy (non-hydrogen) atoms. The summed E-state index contributed by atoms with van der Waals surface area (Å²) in [5.74, 6) is -0.936. The van der Waals surface area contributed by atoms with Crippen molar-refractivity contribution < 1.29 is 13.5 Å². The van der Waals surface area contributed by atoms with E-state index in [1.807, 2.05) is 31.2 Å². The molecule has 1 atom stereocenters. The third-order valence-corrected chi connectivity index (χ3v) is 3.25. The summed E-state index contributed by atoms with van der Waals surface area (Å²) in [6.45, 7) is 2.66. The molecule has 2 aromatic rings. The van der Waals surface area contributed by atoms with Crippen LogP contribution in [0.25, 0.3) is 0 Å². The molecule has 2 aromatic carbocycles. The second kappa shape index (κ2) is 7.18. The van der Waals surface area contributed by atoms with E-state index < -0.39 is 17.7 Å². The summed E-state index contributed by atoms with van der Waals surface area (Å²) in [5, 5.41) is 3.02. The van der Waals surface area contributed by atoms with E-state index in [0.717, 1.165) is 23.8 Å². The number of hydrogen-bond acceptors (Lipinski definition) is 2. The minimum Gasteiger partial charge on any atom is -0.494 e. The third kappa shape index (κ3) is 3.58. The quantitative estimate of drug-likeness (QED) is 0.866. The number of nitrogens with one attached hydrogen (secondary N) is 1. The number of halogens is 2. The summed E-state index contributed by atoms with van der Waals surface area (Å²) >= 11 is 0. The Morgan fingerprint density at radius 3 is 2.62 bits per heavy atom. The van der Waals surface area contributed by atoms with Crippen LogP contribution in [-0.4, -0.2) is 13.7 Å². The summed E-state index contributed by atoms with van der Waals surface area (Å²) in [5.41, 5.74) is 1.11. The molecule has 112 valence electrons. The summed E-state index contributed by atoms with van der Waals surface area (Å²) in [6, 6.07) is 11.2. The van der Waals surface area contributed by atoms with Crippen LogP contribution >= 0.6 is 0 Å². The Morgan fingerprint density at radius 2 is 1.90 bits per heavy atom. The molecule has 4 heteroatoms. The van der Waals surface area contributed by atoms with Gasteiger partial charge in [-0.05, 0) is 37.2 Å². The third-order valence-electron chi connectivity index (χ3n) is 3.25. The fraction of sp³-hybridized carbons (Fsp3) is 0.294. The normalized spacial score (nSPS) is 12.2. The molecule has 0 aliphatic heterocycles. The van der Waals surface area contributed by atoms with E-state index in [2.05, 4.69) is 5.32 Å². The van der Waals surface area contributed by atoms with Crippen LogP contribution in [-0.2, 0) is 0 Å². The molecule has 2 rings (SSSR count). The standard InChI is InChI=1S/C17H19F2NO/c1-3-10-21-13-7-4-6-12(11-13)17(20-2)14-8-5-9-15(18)16(14)19/h4-9,11,17,20H,3,10H2,1-2H3. The van der Waals surface area contributed by atoms with E-state index in [1.165, 1.54) is 6.07 Å². The van der Waals surface area contributed by atoms with Crippen molar-refractivity contribution in [2.75, 3.05) is 13.7 Å². The molecule has 0 spiro atoms. The van der Waals surface area contributed by atoms with Gasteiger partial charge in [0.1, 0.15) is 5.75 Å². The average Bonchev–Trinajstić information content (AvgIpc) is 2.50. The fourth-order valence-corrected chi connectivity index (χ4v) is 2.25. The van der Waals surface area contributed by atoms with Crippen LogP contribution in [0.3, 0.4) is 0 Å². The first kappa shape index (κ1) is 15.4. The van der Waals surface area contributed by atoms with Gasteiger partial charge in [-0.2, -0.15) is 0 Å². The molecule has 0 aliphatic rings. The molecule has 0 saturated heterocycles. The van der Waals surface area contributed by atoms with Gasteiger partial charge in [-0.3, -0.25) is 0 Å². The summed E-state index contributed by atoms with van der Waals surface area (Å²) in [4.78, 5) is 0. The van der Waals surface area contributed by atoms with Crippen molar-refractivity contribution in [2.24, 2.45) is 0 Å². The van der Waals surface area contributed by atoms with Crippen molar-refractivity contribution in [3.63, 3.8) is 0 Å². The first-order valence-electron chi connectivity index (χ1n) is 7.01. The molecular formula is C17H19F2NO. The average molecular weight is 291 g/mol. The number of ether oxygens (including phenoxy) is 1. The van der Waals surface area contributed by atoms with E-state index in [4.69, 9.17) is 4.74 Å². The maximum atomic E-state index is 14.0. The zero-order valence-corrected chi connectivity index (χ0v) is 12.2. The largest absolute Gasteiger partial charge is 0.494 e. The highest BCUT2D eigenvalue weighted by atomic mass is 19.2. The molecule has 1 N–H and O–H groups in total. The summed E-state index contributed by atoms with van der Waals surface area (Å²) in [7, 11) is 1.72. The minimum absolute atomic E-state index is 0.283. The molecule has 0 bridgehead atoms. The van der Waals surface area contributed by atoms with E-state index in [1.54, 1.807) is 13.1 Å². The fourth-order valence-electron chi connectivity index (χ4n) is 2.25. The highest BCUT2D eigenvalue weighted by Gasteiger charge is 2.18. The van der Waals surface area contributed by atoms with Crippen molar-refractivity contribution in [3.05, 3.63) is 65.2 Å². The Morgan fingerprint density at radius 1 is 1.14 bits per heavy atom. The van der Waals surface area contributed by atoms with Gasteiger partial charge in [0.05, 0.1) is 12.6 Å². The van der Waals surface area contributed by atoms with Crippen LogP contribution in [0, 0.1) is 11.6 Å². The molecule has 1 unspecified atom stereocenters. The van der Waals surface area contributed by atoms with E-state index in [9.17, 15) is 8.78 Å². The highest BCUT2D eigenvalue weighted by molar-refractivity contribution is 5.37. The van der Waals surface area contributed by atoms with Gasteiger partial charge in [0.2, 0.25) is 0 Å². The van der Waals surface area contributed by atoms with Gasteiger partial charge in [-0.25, -0.2) is 8.78 Å². The Labute approximate surface area is 123 Å². The van der Waals surface area contributed by atoms with Crippen molar-refractivity contribution in [1.82, 2.24) is 5.32 Å². The highest BCUT2D eigenvalue weighted by Crippen LogP contribution is 2.27. The zero-order chi connectivity index (χ0) is 15.2. The summed E-state index contributed by atoms with van der Waals surface area (Å²) < 4.78 is 33.0. The lowest BCUT2D eigenvalue weighted by atomic mass is 9.98. The van der Waals surface area contributed by atoms with Crippen LogP contribution in [0.4, 0.5) is 8.78 Å². The van der Waals surface area contributed by atoms with Gasteiger partial charge < -0.3 is 10.1 Å². The molecule has 0 radical (unpaired) electrons. The maximum absolute atomic E-state index is 14.0. The number of benzene rings is 2. The van der Waals surface area contributed by atoms with Gasteiger partial charge in [-0.1, -0.05) is 31.2 Å². The second-order valence-electron chi connectivity index (χ2n) is 4.79. The lowest BCUT2D eigenvalue weighted by Gasteiger charge is -2.19. The van der Waals surface area contributed by atoms with Crippen molar-refractivity contribution in [2.45, 2.75) is 19.4 Å². The van der Waals surface area contributed by atoms with Crippen LogP contribution in [0.5, 0.6) is 5.75 Å². The molecule has 0 fully saturated rings. The molecule has 0 aromatic heterocycles. The topological polar surface area (TPSA) is 21.3 Å². The zero-order valence-electron chi connectivity index (χ0n) is 12.2. The van der Waals surface area contributed by atoms with Crippen LogP contribution in [0.2, 0.25) is 0 Å². The second-order valence-corrected chi connectivity index (χ2v) is 4.79. The molecule has 2 nitrogen and oxygen atoms in total. The first-order chi connectivity index (χ1) is 10.2. The molecule has 0 heterocycles. The summed E-state index contributed by atoms with van der Waals surface area (Å²) in [6.07, 6.45) is 0.915. The molecule has 0 saturated carbocycles. The van der Waals surface area contributed by atoms with Gasteiger partial charge in [0.25, 0.3) is 0 Å². The van der Waals surface area contributed by atoms with Crippen molar-refractivity contribution in [1.29, 1.82) is 0 Å². The Hall–Kier alpha value is -1.94. The Bertz CT molecular complexity index is 601. The Balaban J connectivity index is 2.35. The van der Waals surface area contributed by atoms with Crippen LogP contribution in [0.1, 0.15) is 30.5 Å². The van der Waals surface area contributed by atoms with Gasteiger partial charge in [-0.15, -0.1) is 0 Å². The predicted octanol–water partition coefficient (Wildman–Crippen LogP) is 4.06. The van der Waals surface area contributed by atoms with E-state index in [0.29, 0.717) is 6.61 Å². The van der Waals surface area contributed by atoms with Crippen LogP contribution in [0.15, 0.2) is 42.5 Å².